The van der Waals surface area contributed by atoms with Gasteiger partial charge in [0.2, 0.25) is 0 Å². The lowest BCUT2D eigenvalue weighted by Crippen LogP contribution is -2.38. The molecule has 4 aliphatic carbocycles. The largest absolute Gasteiger partial charge is 0.418 e. The van der Waals surface area contributed by atoms with Gasteiger partial charge in [-0.2, -0.15) is 26.3 Å². The number of nitrogens with zero attached hydrogens (tertiary/aromatic N) is 2. The molecule has 8 aromatic carbocycles. The van der Waals surface area contributed by atoms with Gasteiger partial charge in [0.1, 0.15) is 0 Å². The summed E-state index contributed by atoms with van der Waals surface area (Å²) >= 11 is 0. The van der Waals surface area contributed by atoms with Crippen molar-refractivity contribution in [2.24, 2.45) is 5.92 Å². The molecule has 0 bridgehead atoms. The first-order chi connectivity index (χ1) is 38.5. The van der Waals surface area contributed by atoms with Crippen molar-refractivity contribution in [1.29, 1.82) is 0 Å². The fraction of sp³-hybridized carbons (Fsp3) is 0.139. The van der Waals surface area contributed by atoms with E-state index in [4.69, 9.17) is 0 Å². The third-order valence-electron chi connectivity index (χ3n) is 16.7. The van der Waals surface area contributed by atoms with Crippen LogP contribution in [0.25, 0.3) is 44.5 Å². The van der Waals surface area contributed by atoms with Gasteiger partial charge >= 0.3 is 12.4 Å². The van der Waals surface area contributed by atoms with E-state index in [1.807, 2.05) is 152 Å². The lowest BCUT2D eigenvalue weighted by molar-refractivity contribution is -0.137. The molecule has 2 unspecified atom stereocenters. The summed E-state index contributed by atoms with van der Waals surface area (Å²) in [5.74, 6) is -0.499. The molecular weight excluding hydrogens is 1010 g/mol. The molecule has 4 aliphatic rings. The molecule has 0 heterocycles. The topological polar surface area (TPSA) is 6.48 Å². The molecule has 0 radical (unpaired) electrons. The number of anilines is 4. The predicted molar refractivity (Wildman–Crippen MR) is 315 cm³/mol. The maximum absolute atomic E-state index is 15.7. The van der Waals surface area contributed by atoms with Gasteiger partial charge in [0.05, 0.1) is 39.9 Å². The molecule has 0 aliphatic heterocycles. The predicted octanol–water partition coefficient (Wildman–Crippen LogP) is 20.3. The molecule has 396 valence electrons. The van der Waals surface area contributed by atoms with Crippen LogP contribution in [-0.4, -0.2) is 6.04 Å². The molecule has 8 heteroatoms. The molecule has 0 saturated heterocycles. The van der Waals surface area contributed by atoms with Gasteiger partial charge in [-0.15, -0.1) is 0 Å². The highest BCUT2D eigenvalue weighted by Gasteiger charge is 2.44. The summed E-state index contributed by atoms with van der Waals surface area (Å²) in [6, 6.07) is 50.9. The van der Waals surface area contributed by atoms with Gasteiger partial charge in [-0.25, -0.2) is 0 Å². The van der Waals surface area contributed by atoms with Crippen LogP contribution in [0.2, 0.25) is 0 Å². The van der Waals surface area contributed by atoms with E-state index in [1.165, 1.54) is 18.2 Å². The van der Waals surface area contributed by atoms with Crippen LogP contribution in [-0.2, 0) is 12.4 Å². The molecule has 8 aromatic rings. The summed E-state index contributed by atoms with van der Waals surface area (Å²) < 4.78 is 93.8. The normalized spacial score (nSPS) is 16.4. The Labute approximate surface area is 463 Å². The van der Waals surface area contributed by atoms with E-state index in [2.05, 4.69) is 64.1 Å². The number of para-hydroxylation sites is 2. The first kappa shape index (κ1) is 51.9. The number of hydrogen-bond acceptors (Lipinski definition) is 2. The van der Waals surface area contributed by atoms with Gasteiger partial charge in [0.15, 0.2) is 0 Å². The van der Waals surface area contributed by atoms with Crippen molar-refractivity contribution >= 4 is 22.7 Å². The second-order valence-electron chi connectivity index (χ2n) is 21.2. The minimum absolute atomic E-state index is 0.0180. The molecular formula is C72H56F6N2. The van der Waals surface area contributed by atoms with Gasteiger partial charge in [-0.05, 0) is 191 Å². The number of aryl methyl sites for hydroxylation is 3. The lowest BCUT2D eigenvalue weighted by Gasteiger charge is -2.44. The Morgan fingerprint density at radius 3 is 1.56 bits per heavy atom. The Kier molecular flexibility index (Phi) is 13.0. The maximum Gasteiger partial charge on any atom is 0.418 e. The number of alkyl halides is 6. The molecule has 80 heavy (non-hydrogen) atoms. The molecule has 12 rings (SSSR count). The Hall–Kier alpha value is -8.88. The zero-order chi connectivity index (χ0) is 55.8. The zero-order valence-corrected chi connectivity index (χ0v) is 45.1. The average molecular weight is 1060 g/mol. The van der Waals surface area contributed by atoms with Crippen LogP contribution in [0.3, 0.4) is 0 Å². The van der Waals surface area contributed by atoms with Crippen molar-refractivity contribution < 1.29 is 26.3 Å². The number of allylic oxidation sites excluding steroid dienone is 10. The summed E-state index contributed by atoms with van der Waals surface area (Å²) in [5.41, 5.74) is 17.8. The van der Waals surface area contributed by atoms with Gasteiger partial charge in [0, 0.05) is 22.7 Å². The van der Waals surface area contributed by atoms with Crippen LogP contribution < -0.4 is 9.80 Å². The van der Waals surface area contributed by atoms with E-state index >= 15 is 26.3 Å². The van der Waals surface area contributed by atoms with Crippen molar-refractivity contribution in [3.63, 3.8) is 0 Å². The zero-order valence-electron chi connectivity index (χ0n) is 45.1. The highest BCUT2D eigenvalue weighted by Crippen LogP contribution is 2.55. The van der Waals surface area contributed by atoms with Gasteiger partial charge in [-0.3, -0.25) is 0 Å². The SMILES string of the molecule is Cc1cccc(-c2ccc(N(C3=C4C=CC5=C6C(=CC=C(C=C3)C46)C(N(c3ccc(-c4cccc(C)c4C)cc3-c3ccccc3)c3ccccc3C(F)(F)F)C=C5)c3ccccc3C(F)(F)F)c(-c3cccc(C)c3C)c2)c1C. The van der Waals surface area contributed by atoms with Crippen LogP contribution in [0, 0.1) is 47.5 Å². The molecule has 2 atom stereocenters. The first-order valence-corrected chi connectivity index (χ1v) is 26.9. The Morgan fingerprint density at radius 1 is 0.400 bits per heavy atom. The van der Waals surface area contributed by atoms with Crippen LogP contribution in [0.4, 0.5) is 49.1 Å². The molecule has 0 aromatic heterocycles. The van der Waals surface area contributed by atoms with E-state index in [0.717, 1.165) is 118 Å². The van der Waals surface area contributed by atoms with Crippen LogP contribution in [0.5, 0.6) is 0 Å². The van der Waals surface area contributed by atoms with Crippen molar-refractivity contribution in [2.45, 2.75) is 59.9 Å². The minimum atomic E-state index is -4.73. The second kappa shape index (κ2) is 20.1. The smallest absolute Gasteiger partial charge is 0.329 e. The van der Waals surface area contributed by atoms with Crippen molar-refractivity contribution in [1.82, 2.24) is 0 Å². The molecule has 2 nitrogen and oxygen atoms in total. The van der Waals surface area contributed by atoms with Gasteiger partial charge < -0.3 is 9.80 Å². The summed E-state index contributed by atoms with van der Waals surface area (Å²) in [7, 11) is 0. The fourth-order valence-electron chi connectivity index (χ4n) is 12.2. The average Bonchev–Trinajstić information content (AvgIpc) is 3.50. The third kappa shape index (κ3) is 8.97. The van der Waals surface area contributed by atoms with E-state index < -0.39 is 35.4 Å². The summed E-state index contributed by atoms with van der Waals surface area (Å²) in [6.07, 6.45) is 6.45. The quantitative estimate of drug-likeness (QED) is 0.126. The van der Waals surface area contributed by atoms with E-state index in [-0.39, 0.29) is 11.4 Å². The molecule has 0 N–H and O–H groups in total. The standard InChI is InChI=1S/C72H56F6N2/c1-43-17-14-22-54(46(43)4)52-33-39-65(59(41-52)49-20-8-7-9-21-49)79(67-27-12-10-25-61(67)71(73,74)75)63-37-31-50-30-36-58-64(38-32-51-29-35-57(63)69(50)70(51)58)80(68-28-13-11-26-62(68)72(76,77)78)66-40-34-53(55-23-15-18-44(2)47(55)5)42-60(66)56-24-16-19-45(3)48(56)6/h7-42,63,70H,1-6H3. The molecule has 0 spiro atoms. The Morgan fingerprint density at radius 2 is 0.938 bits per heavy atom. The maximum atomic E-state index is 15.7. The van der Waals surface area contributed by atoms with Gasteiger partial charge in [0.25, 0.3) is 0 Å². The highest BCUT2D eigenvalue weighted by molar-refractivity contribution is 5.93. The molecule has 0 amide bonds. The Bertz CT molecular complexity index is 4060. The fourth-order valence-corrected chi connectivity index (χ4v) is 12.2. The van der Waals surface area contributed by atoms with E-state index in [9.17, 15) is 0 Å². The van der Waals surface area contributed by atoms with Crippen LogP contribution in [0.15, 0.2) is 252 Å². The number of rotatable bonds is 10. The molecule has 0 saturated carbocycles. The van der Waals surface area contributed by atoms with Crippen LogP contribution >= 0.6 is 0 Å². The van der Waals surface area contributed by atoms with Crippen molar-refractivity contribution in [2.75, 3.05) is 9.80 Å². The summed E-state index contributed by atoms with van der Waals surface area (Å²) in [6.45, 7) is 12.4. The lowest BCUT2D eigenvalue weighted by atomic mass is 9.67. The highest BCUT2D eigenvalue weighted by atomic mass is 19.4. The number of halogens is 6. The Balaban J connectivity index is 1.07. The van der Waals surface area contributed by atoms with Crippen molar-refractivity contribution in [3.8, 4) is 44.5 Å². The van der Waals surface area contributed by atoms with Gasteiger partial charge in [-0.1, -0.05) is 164 Å². The number of benzene rings is 8. The summed E-state index contributed by atoms with van der Waals surface area (Å²) in [4.78, 5) is 3.60. The third-order valence-corrected chi connectivity index (χ3v) is 16.7. The summed E-state index contributed by atoms with van der Waals surface area (Å²) in [5, 5.41) is 0. The molecule has 0 fully saturated rings. The van der Waals surface area contributed by atoms with E-state index in [1.54, 1.807) is 23.1 Å². The van der Waals surface area contributed by atoms with Crippen LogP contribution in [0.1, 0.15) is 44.5 Å². The second-order valence-corrected chi connectivity index (χ2v) is 21.2. The van der Waals surface area contributed by atoms with E-state index in [0.29, 0.717) is 17.1 Å². The minimum Gasteiger partial charge on any atom is -0.329 e. The first-order valence-electron chi connectivity index (χ1n) is 26.9. The number of hydrogen-bond donors (Lipinski definition) is 0. The van der Waals surface area contributed by atoms with Crippen molar-refractivity contribution in [3.05, 3.63) is 297 Å². The monoisotopic (exact) mass is 1060 g/mol.